The third-order valence-electron chi connectivity index (χ3n) is 3.44. The van der Waals surface area contributed by atoms with E-state index in [1.165, 1.54) is 5.56 Å². The molecule has 3 heteroatoms. The van der Waals surface area contributed by atoms with Crippen LogP contribution in [0.2, 0.25) is 0 Å². The molecule has 2 nitrogen and oxygen atoms in total. The van der Waals surface area contributed by atoms with Gasteiger partial charge in [0.1, 0.15) is 11.9 Å². The first-order valence-electron chi connectivity index (χ1n) is 6.92. The molecule has 1 atom stereocenters. The van der Waals surface area contributed by atoms with E-state index < -0.39 is 0 Å². The van der Waals surface area contributed by atoms with Crippen molar-refractivity contribution in [2.75, 3.05) is 6.54 Å². The minimum absolute atomic E-state index is 0.0690. The van der Waals surface area contributed by atoms with Crippen molar-refractivity contribution in [2.45, 2.75) is 39.2 Å². The number of thiophene rings is 1. The highest BCUT2D eigenvalue weighted by molar-refractivity contribution is 7.07. The molecule has 0 amide bonds. The van der Waals surface area contributed by atoms with E-state index in [0.29, 0.717) is 6.54 Å². The zero-order valence-corrected chi connectivity index (χ0v) is 13.5. The summed E-state index contributed by atoms with van der Waals surface area (Å²) in [4.78, 5) is 0. The predicted molar refractivity (Wildman–Crippen MR) is 86.6 cm³/mol. The van der Waals surface area contributed by atoms with Gasteiger partial charge in [0, 0.05) is 12.1 Å². The molecule has 1 aromatic carbocycles. The van der Waals surface area contributed by atoms with Crippen molar-refractivity contribution in [3.05, 3.63) is 51.7 Å². The SMILES string of the molecule is Cc1cc(C(C)(C)C)ccc1OC(CN)c1ccsc1. The molecular weight excluding hydrogens is 266 g/mol. The van der Waals surface area contributed by atoms with Crippen LogP contribution in [-0.4, -0.2) is 6.54 Å². The summed E-state index contributed by atoms with van der Waals surface area (Å²) in [5.74, 6) is 0.916. The third kappa shape index (κ3) is 3.41. The molecule has 20 heavy (non-hydrogen) atoms. The van der Waals surface area contributed by atoms with E-state index in [-0.39, 0.29) is 11.5 Å². The van der Waals surface area contributed by atoms with Gasteiger partial charge >= 0.3 is 0 Å². The van der Waals surface area contributed by atoms with Crippen LogP contribution in [0.5, 0.6) is 5.75 Å². The number of hydrogen-bond donors (Lipinski definition) is 1. The zero-order chi connectivity index (χ0) is 14.8. The van der Waals surface area contributed by atoms with E-state index in [1.54, 1.807) is 11.3 Å². The highest BCUT2D eigenvalue weighted by Crippen LogP contribution is 2.30. The highest BCUT2D eigenvalue weighted by atomic mass is 32.1. The lowest BCUT2D eigenvalue weighted by molar-refractivity contribution is 0.213. The Bertz CT molecular complexity index is 555. The smallest absolute Gasteiger partial charge is 0.137 e. The van der Waals surface area contributed by atoms with Gasteiger partial charge in [-0.1, -0.05) is 32.9 Å². The van der Waals surface area contributed by atoms with Gasteiger partial charge in [-0.25, -0.2) is 0 Å². The maximum Gasteiger partial charge on any atom is 0.137 e. The zero-order valence-electron chi connectivity index (χ0n) is 12.6. The summed E-state index contributed by atoms with van der Waals surface area (Å²) in [7, 11) is 0. The molecule has 1 heterocycles. The molecule has 0 radical (unpaired) electrons. The molecule has 0 saturated carbocycles. The molecule has 1 aromatic heterocycles. The van der Waals surface area contributed by atoms with Crippen molar-refractivity contribution < 1.29 is 4.74 Å². The fourth-order valence-corrected chi connectivity index (χ4v) is 2.81. The monoisotopic (exact) mass is 289 g/mol. The van der Waals surface area contributed by atoms with Crippen LogP contribution in [0.4, 0.5) is 0 Å². The van der Waals surface area contributed by atoms with Crippen LogP contribution in [0.25, 0.3) is 0 Å². The van der Waals surface area contributed by atoms with Crippen LogP contribution < -0.4 is 10.5 Å². The number of aryl methyl sites for hydroxylation is 1. The maximum atomic E-state index is 6.09. The first-order valence-corrected chi connectivity index (χ1v) is 7.86. The van der Waals surface area contributed by atoms with Crippen LogP contribution in [0.15, 0.2) is 35.0 Å². The summed E-state index contributed by atoms with van der Waals surface area (Å²) >= 11 is 1.67. The average Bonchev–Trinajstić information content (AvgIpc) is 2.90. The van der Waals surface area contributed by atoms with Crippen molar-refractivity contribution in [3.63, 3.8) is 0 Å². The number of hydrogen-bond acceptors (Lipinski definition) is 3. The molecular formula is C17H23NOS. The Hall–Kier alpha value is -1.32. The normalized spacial score (nSPS) is 13.2. The van der Waals surface area contributed by atoms with E-state index >= 15 is 0 Å². The number of nitrogens with two attached hydrogens (primary N) is 1. The van der Waals surface area contributed by atoms with E-state index in [9.17, 15) is 0 Å². The van der Waals surface area contributed by atoms with Crippen LogP contribution >= 0.6 is 11.3 Å². The fraction of sp³-hybridized carbons (Fsp3) is 0.412. The third-order valence-corrected chi connectivity index (χ3v) is 4.14. The van der Waals surface area contributed by atoms with Gasteiger partial charge in [-0.15, -0.1) is 0 Å². The first-order chi connectivity index (χ1) is 9.41. The molecule has 0 fully saturated rings. The molecule has 0 aliphatic rings. The lowest BCUT2D eigenvalue weighted by Crippen LogP contribution is -2.18. The summed E-state index contributed by atoms with van der Waals surface area (Å²) in [6.45, 7) is 9.23. The van der Waals surface area contributed by atoms with E-state index in [0.717, 1.165) is 16.9 Å². The predicted octanol–water partition coefficient (Wildman–Crippen LogP) is 4.43. The minimum atomic E-state index is -0.0690. The number of rotatable bonds is 4. The molecule has 0 bridgehead atoms. The summed E-state index contributed by atoms with van der Waals surface area (Å²) in [5.41, 5.74) is 9.63. The van der Waals surface area contributed by atoms with Crippen LogP contribution in [0, 0.1) is 6.92 Å². The lowest BCUT2D eigenvalue weighted by atomic mass is 9.86. The molecule has 0 aliphatic heterocycles. The number of ether oxygens (including phenoxy) is 1. The Labute approximate surface area is 125 Å². The Kier molecular flexibility index (Phi) is 4.51. The van der Waals surface area contributed by atoms with Gasteiger partial charge in [0.2, 0.25) is 0 Å². The summed E-state index contributed by atoms with van der Waals surface area (Å²) < 4.78 is 6.09. The Morgan fingerprint density at radius 3 is 2.50 bits per heavy atom. The quantitative estimate of drug-likeness (QED) is 0.903. The van der Waals surface area contributed by atoms with Crippen LogP contribution in [0.1, 0.15) is 43.6 Å². The van der Waals surface area contributed by atoms with Crippen LogP contribution in [0.3, 0.4) is 0 Å². The molecule has 0 spiro atoms. The molecule has 0 aliphatic carbocycles. The van der Waals surface area contributed by atoms with Gasteiger partial charge < -0.3 is 10.5 Å². The van der Waals surface area contributed by atoms with Crippen molar-refractivity contribution in [1.29, 1.82) is 0 Å². The molecule has 0 saturated heterocycles. The summed E-state index contributed by atoms with van der Waals surface area (Å²) in [6, 6.07) is 8.48. The van der Waals surface area contributed by atoms with Gasteiger partial charge in [0.25, 0.3) is 0 Å². The van der Waals surface area contributed by atoms with Gasteiger partial charge in [0.15, 0.2) is 0 Å². The van der Waals surface area contributed by atoms with Crippen molar-refractivity contribution in [2.24, 2.45) is 5.73 Å². The Balaban J connectivity index is 2.21. The topological polar surface area (TPSA) is 35.2 Å². The number of benzene rings is 1. The standard InChI is InChI=1S/C17H23NOS/c1-12-9-14(17(2,3)4)5-6-15(12)19-16(10-18)13-7-8-20-11-13/h5-9,11,16H,10,18H2,1-4H3. The molecule has 2 N–H and O–H groups in total. The second kappa shape index (κ2) is 5.98. The van der Waals surface area contributed by atoms with E-state index in [4.69, 9.17) is 10.5 Å². The van der Waals surface area contributed by atoms with E-state index in [2.05, 4.69) is 62.7 Å². The second-order valence-corrected chi connectivity index (χ2v) is 6.91. The average molecular weight is 289 g/mol. The largest absolute Gasteiger partial charge is 0.484 e. The van der Waals surface area contributed by atoms with Crippen molar-refractivity contribution in [1.82, 2.24) is 0 Å². The van der Waals surface area contributed by atoms with Gasteiger partial charge in [0.05, 0.1) is 0 Å². The van der Waals surface area contributed by atoms with Crippen molar-refractivity contribution >= 4 is 11.3 Å². The maximum absolute atomic E-state index is 6.09. The minimum Gasteiger partial charge on any atom is -0.484 e. The van der Waals surface area contributed by atoms with E-state index in [1.807, 2.05) is 0 Å². The van der Waals surface area contributed by atoms with Crippen molar-refractivity contribution in [3.8, 4) is 5.75 Å². The van der Waals surface area contributed by atoms with Crippen LogP contribution in [-0.2, 0) is 5.41 Å². The summed E-state index contributed by atoms with van der Waals surface area (Å²) in [6.07, 6.45) is -0.0690. The fourth-order valence-electron chi connectivity index (χ4n) is 2.11. The Morgan fingerprint density at radius 2 is 2.00 bits per heavy atom. The van der Waals surface area contributed by atoms with Gasteiger partial charge in [-0.3, -0.25) is 0 Å². The Morgan fingerprint density at radius 1 is 1.25 bits per heavy atom. The van der Waals surface area contributed by atoms with Gasteiger partial charge in [-0.05, 0) is 46.4 Å². The molecule has 1 unspecified atom stereocenters. The summed E-state index contributed by atoms with van der Waals surface area (Å²) in [5, 5.41) is 4.15. The second-order valence-electron chi connectivity index (χ2n) is 6.13. The molecule has 2 rings (SSSR count). The molecule has 108 valence electrons. The lowest BCUT2D eigenvalue weighted by Gasteiger charge is -2.22. The van der Waals surface area contributed by atoms with Gasteiger partial charge in [-0.2, -0.15) is 11.3 Å². The highest BCUT2D eigenvalue weighted by Gasteiger charge is 2.17. The molecule has 2 aromatic rings. The first kappa shape index (κ1) is 15.1.